The Morgan fingerprint density at radius 3 is 2.88 bits per heavy atom. The summed E-state index contributed by atoms with van der Waals surface area (Å²) in [6.45, 7) is 1.92. The molecule has 0 amide bonds. The molecule has 4 heteroatoms. The zero-order valence-corrected chi connectivity index (χ0v) is 9.38. The molecule has 0 unspecified atom stereocenters. The topological polar surface area (TPSA) is 49.6 Å². The summed E-state index contributed by atoms with van der Waals surface area (Å²) < 4.78 is 2.25. The molecule has 0 saturated heterocycles. The molecule has 3 aromatic rings. The Balaban J connectivity index is 2.57. The van der Waals surface area contributed by atoms with Crippen LogP contribution in [0.1, 0.15) is 11.5 Å². The SMILES string of the molecule is Cc1nc(C#N)nc2c1sc1ccccc12. The first-order valence-electron chi connectivity index (χ1n) is 4.85. The monoisotopic (exact) mass is 225 g/mol. The van der Waals surface area contributed by atoms with E-state index in [9.17, 15) is 0 Å². The molecular weight excluding hydrogens is 218 g/mol. The first-order valence-corrected chi connectivity index (χ1v) is 5.67. The summed E-state index contributed by atoms with van der Waals surface area (Å²) in [5, 5.41) is 9.96. The Morgan fingerprint density at radius 1 is 1.25 bits per heavy atom. The number of nitrogens with zero attached hydrogens (tertiary/aromatic N) is 3. The summed E-state index contributed by atoms with van der Waals surface area (Å²) in [5.74, 6) is 0.244. The Labute approximate surface area is 96.0 Å². The predicted molar refractivity (Wildman–Crippen MR) is 64.4 cm³/mol. The van der Waals surface area contributed by atoms with Crippen LogP contribution in [0.15, 0.2) is 24.3 Å². The van der Waals surface area contributed by atoms with Crippen molar-refractivity contribution in [2.24, 2.45) is 0 Å². The first kappa shape index (κ1) is 9.25. The highest BCUT2D eigenvalue weighted by Gasteiger charge is 2.10. The Morgan fingerprint density at radius 2 is 2.06 bits per heavy atom. The number of nitriles is 1. The van der Waals surface area contributed by atoms with Crippen molar-refractivity contribution < 1.29 is 0 Å². The average Bonchev–Trinajstić information content (AvgIpc) is 2.68. The van der Waals surface area contributed by atoms with Crippen molar-refractivity contribution in [2.45, 2.75) is 6.92 Å². The number of fused-ring (bicyclic) bond motifs is 3. The Kier molecular flexibility index (Phi) is 1.88. The van der Waals surface area contributed by atoms with Crippen molar-refractivity contribution >= 4 is 31.6 Å². The van der Waals surface area contributed by atoms with E-state index in [4.69, 9.17) is 5.26 Å². The van der Waals surface area contributed by atoms with Gasteiger partial charge in [0, 0.05) is 10.1 Å². The van der Waals surface area contributed by atoms with E-state index in [1.54, 1.807) is 11.3 Å². The van der Waals surface area contributed by atoms with Gasteiger partial charge in [0.15, 0.2) is 0 Å². The van der Waals surface area contributed by atoms with Crippen molar-refractivity contribution in [3.8, 4) is 6.07 Å². The van der Waals surface area contributed by atoms with Crippen LogP contribution in [0.4, 0.5) is 0 Å². The smallest absolute Gasteiger partial charge is 0.223 e. The van der Waals surface area contributed by atoms with Crippen molar-refractivity contribution in [2.75, 3.05) is 0 Å². The minimum Gasteiger partial charge on any atom is -0.223 e. The van der Waals surface area contributed by atoms with E-state index in [1.807, 2.05) is 31.2 Å². The van der Waals surface area contributed by atoms with Gasteiger partial charge >= 0.3 is 0 Å². The van der Waals surface area contributed by atoms with Gasteiger partial charge in [-0.05, 0) is 13.0 Å². The third kappa shape index (κ3) is 1.19. The molecule has 2 heterocycles. The molecule has 0 atom stereocenters. The maximum Gasteiger partial charge on any atom is 0.233 e. The second-order valence-electron chi connectivity index (χ2n) is 3.52. The van der Waals surface area contributed by atoms with Gasteiger partial charge in [0.2, 0.25) is 5.82 Å². The van der Waals surface area contributed by atoms with Crippen LogP contribution in [0.5, 0.6) is 0 Å². The van der Waals surface area contributed by atoms with E-state index in [1.165, 1.54) is 4.70 Å². The van der Waals surface area contributed by atoms with Crippen LogP contribution in [0.25, 0.3) is 20.3 Å². The number of thiophene rings is 1. The molecule has 2 aromatic heterocycles. The predicted octanol–water partition coefficient (Wildman–Crippen LogP) is 3.02. The number of aromatic nitrogens is 2. The highest BCUT2D eigenvalue weighted by Crippen LogP contribution is 2.33. The normalized spacial score (nSPS) is 10.8. The molecule has 3 rings (SSSR count). The minimum atomic E-state index is 0.244. The number of aryl methyl sites for hydroxylation is 1. The van der Waals surface area contributed by atoms with Crippen molar-refractivity contribution in [3.63, 3.8) is 0 Å². The third-order valence-electron chi connectivity index (χ3n) is 2.49. The Bertz CT molecular complexity index is 737. The van der Waals surface area contributed by atoms with Gasteiger partial charge in [-0.15, -0.1) is 11.3 Å². The van der Waals surface area contributed by atoms with Gasteiger partial charge in [-0.1, -0.05) is 18.2 Å². The van der Waals surface area contributed by atoms with Crippen LogP contribution in [0, 0.1) is 18.3 Å². The van der Waals surface area contributed by atoms with Gasteiger partial charge in [-0.2, -0.15) is 5.26 Å². The van der Waals surface area contributed by atoms with Crippen molar-refractivity contribution in [1.82, 2.24) is 9.97 Å². The number of rotatable bonds is 0. The molecule has 0 aliphatic rings. The molecule has 3 nitrogen and oxygen atoms in total. The zero-order valence-electron chi connectivity index (χ0n) is 8.56. The second kappa shape index (κ2) is 3.26. The number of hydrogen-bond donors (Lipinski definition) is 0. The zero-order chi connectivity index (χ0) is 11.1. The van der Waals surface area contributed by atoms with Crippen molar-refractivity contribution in [3.05, 3.63) is 35.8 Å². The van der Waals surface area contributed by atoms with Crippen LogP contribution < -0.4 is 0 Å². The third-order valence-corrected chi connectivity index (χ3v) is 3.76. The fraction of sp³-hybridized carbons (Fsp3) is 0.0833. The first-order chi connectivity index (χ1) is 7.79. The standard InChI is InChI=1S/C12H7N3S/c1-7-12-11(15-10(6-13)14-7)8-4-2-3-5-9(8)16-12/h2-5H,1H3. The van der Waals surface area contributed by atoms with E-state index in [2.05, 4.69) is 16.0 Å². The molecule has 0 bridgehead atoms. The molecule has 0 fully saturated rings. The number of benzene rings is 1. The molecule has 0 aliphatic carbocycles. The summed E-state index contributed by atoms with van der Waals surface area (Å²) in [5.41, 5.74) is 1.77. The van der Waals surface area contributed by atoms with E-state index < -0.39 is 0 Å². The van der Waals surface area contributed by atoms with Crippen LogP contribution in [0.2, 0.25) is 0 Å². The fourth-order valence-corrected chi connectivity index (χ4v) is 2.87. The van der Waals surface area contributed by atoms with Crippen molar-refractivity contribution in [1.29, 1.82) is 5.26 Å². The van der Waals surface area contributed by atoms with Gasteiger partial charge in [-0.25, -0.2) is 9.97 Å². The molecule has 16 heavy (non-hydrogen) atoms. The summed E-state index contributed by atoms with van der Waals surface area (Å²) >= 11 is 1.67. The van der Waals surface area contributed by atoms with Gasteiger partial charge < -0.3 is 0 Å². The van der Waals surface area contributed by atoms with Crippen LogP contribution >= 0.6 is 11.3 Å². The lowest BCUT2D eigenvalue weighted by molar-refractivity contribution is 1.11. The minimum absolute atomic E-state index is 0.244. The van der Waals surface area contributed by atoms with Crippen LogP contribution in [-0.4, -0.2) is 9.97 Å². The van der Waals surface area contributed by atoms with Gasteiger partial charge in [0.25, 0.3) is 0 Å². The quantitative estimate of drug-likeness (QED) is 0.591. The lowest BCUT2D eigenvalue weighted by atomic mass is 10.2. The molecular formula is C12H7N3S. The summed E-state index contributed by atoms with van der Waals surface area (Å²) in [7, 11) is 0. The van der Waals surface area contributed by atoms with Gasteiger partial charge in [-0.3, -0.25) is 0 Å². The maximum absolute atomic E-state index is 8.86. The molecule has 0 N–H and O–H groups in total. The Hall–Kier alpha value is -1.99. The maximum atomic E-state index is 8.86. The highest BCUT2D eigenvalue weighted by atomic mass is 32.1. The van der Waals surface area contributed by atoms with E-state index in [-0.39, 0.29) is 5.82 Å². The van der Waals surface area contributed by atoms with Gasteiger partial charge in [0.05, 0.1) is 15.9 Å². The molecule has 76 valence electrons. The summed E-state index contributed by atoms with van der Waals surface area (Å²) in [6, 6.07) is 10.1. The summed E-state index contributed by atoms with van der Waals surface area (Å²) in [6.07, 6.45) is 0. The lowest BCUT2D eigenvalue weighted by Gasteiger charge is -1.95. The summed E-state index contributed by atoms with van der Waals surface area (Å²) in [4.78, 5) is 8.43. The molecule has 0 saturated carbocycles. The highest BCUT2D eigenvalue weighted by molar-refractivity contribution is 7.25. The van der Waals surface area contributed by atoms with E-state index in [0.29, 0.717) is 0 Å². The molecule has 1 aromatic carbocycles. The molecule has 0 spiro atoms. The second-order valence-corrected chi connectivity index (χ2v) is 4.57. The largest absolute Gasteiger partial charge is 0.233 e. The molecule has 0 aliphatic heterocycles. The van der Waals surface area contributed by atoms with Gasteiger partial charge in [0.1, 0.15) is 6.07 Å². The van der Waals surface area contributed by atoms with Crippen LogP contribution in [0.3, 0.4) is 0 Å². The number of hydrogen-bond acceptors (Lipinski definition) is 4. The fourth-order valence-electron chi connectivity index (χ4n) is 1.78. The lowest BCUT2D eigenvalue weighted by Crippen LogP contribution is -1.91. The molecule has 0 radical (unpaired) electrons. The van der Waals surface area contributed by atoms with Crippen LogP contribution in [-0.2, 0) is 0 Å². The average molecular weight is 225 g/mol. The van der Waals surface area contributed by atoms with E-state index in [0.717, 1.165) is 21.3 Å². The van der Waals surface area contributed by atoms with E-state index >= 15 is 0 Å².